The number of hydrogen-bond donors (Lipinski definition) is 2. The van der Waals surface area contributed by atoms with Crippen LogP contribution in [0.5, 0.6) is 0 Å². The average molecular weight is 327 g/mol. The van der Waals surface area contributed by atoms with Crippen LogP contribution < -0.4 is 10.2 Å². The van der Waals surface area contributed by atoms with E-state index < -0.39 is 12.0 Å². The molecule has 0 fully saturated rings. The lowest BCUT2D eigenvalue weighted by Crippen LogP contribution is -2.37. The molecule has 0 aliphatic heterocycles. The van der Waals surface area contributed by atoms with Crippen LogP contribution in [0.4, 0.5) is 11.5 Å². The fourth-order valence-corrected chi connectivity index (χ4v) is 2.49. The highest BCUT2D eigenvalue weighted by atomic mass is 16.4. The summed E-state index contributed by atoms with van der Waals surface area (Å²) in [7, 11) is 1.97. The molecule has 2 rings (SSSR count). The summed E-state index contributed by atoms with van der Waals surface area (Å²) < 4.78 is 0. The van der Waals surface area contributed by atoms with Crippen LogP contribution in [0.1, 0.15) is 25.8 Å². The number of carboxylic acid groups (broad SMARTS) is 1. The zero-order chi connectivity index (χ0) is 17.5. The third kappa shape index (κ3) is 5.06. The molecule has 0 amide bonds. The molecule has 1 atom stereocenters. The van der Waals surface area contributed by atoms with Crippen LogP contribution >= 0.6 is 0 Å². The number of aliphatic carboxylic acids is 1. The highest BCUT2D eigenvalue weighted by Crippen LogP contribution is 2.20. The number of benzene rings is 1. The van der Waals surface area contributed by atoms with E-state index in [1.54, 1.807) is 6.20 Å². The number of nitrogens with zero attached hydrogens (tertiary/aromatic N) is 2. The van der Waals surface area contributed by atoms with Gasteiger partial charge in [0.1, 0.15) is 11.9 Å². The normalized spacial score (nSPS) is 12.2. The Morgan fingerprint density at radius 3 is 2.46 bits per heavy atom. The Bertz CT molecular complexity index is 641. The van der Waals surface area contributed by atoms with Crippen molar-refractivity contribution in [1.29, 1.82) is 0 Å². The molecule has 5 heteroatoms. The maximum Gasteiger partial charge on any atom is 0.320 e. The standard InChI is InChI=1S/C19H25N3O2/c1-14(2)11-17(19(23)24)20-12-15-9-10-18(21-13-15)22(3)16-7-5-4-6-8-16/h4-10,13-14,17,20H,11-12H2,1-3H3,(H,23,24). The summed E-state index contributed by atoms with van der Waals surface area (Å²) in [6.45, 7) is 4.53. The van der Waals surface area contributed by atoms with E-state index in [0.29, 0.717) is 18.9 Å². The number of anilines is 2. The maximum absolute atomic E-state index is 11.3. The van der Waals surface area contributed by atoms with Crippen molar-refractivity contribution in [2.24, 2.45) is 5.92 Å². The van der Waals surface area contributed by atoms with Crippen molar-refractivity contribution >= 4 is 17.5 Å². The number of rotatable bonds is 8. The molecule has 2 N–H and O–H groups in total. The molecule has 0 saturated carbocycles. The molecule has 1 aromatic carbocycles. The number of aromatic nitrogens is 1. The van der Waals surface area contributed by atoms with E-state index in [-0.39, 0.29) is 0 Å². The van der Waals surface area contributed by atoms with Crippen molar-refractivity contribution in [2.45, 2.75) is 32.9 Å². The van der Waals surface area contributed by atoms with Gasteiger partial charge < -0.3 is 15.3 Å². The van der Waals surface area contributed by atoms with Crippen LogP contribution in [0.25, 0.3) is 0 Å². The van der Waals surface area contributed by atoms with Crippen LogP contribution in [0, 0.1) is 5.92 Å². The van der Waals surface area contributed by atoms with Crippen molar-refractivity contribution in [1.82, 2.24) is 10.3 Å². The summed E-state index contributed by atoms with van der Waals surface area (Å²) in [5.41, 5.74) is 2.04. The van der Waals surface area contributed by atoms with Crippen molar-refractivity contribution < 1.29 is 9.90 Å². The molecule has 128 valence electrons. The minimum atomic E-state index is -0.808. The smallest absolute Gasteiger partial charge is 0.320 e. The average Bonchev–Trinajstić information content (AvgIpc) is 2.58. The minimum Gasteiger partial charge on any atom is -0.480 e. The highest BCUT2D eigenvalue weighted by Gasteiger charge is 2.18. The van der Waals surface area contributed by atoms with Crippen LogP contribution in [0.2, 0.25) is 0 Å². The van der Waals surface area contributed by atoms with Crippen LogP contribution in [-0.4, -0.2) is 29.1 Å². The van der Waals surface area contributed by atoms with Gasteiger partial charge in [-0.1, -0.05) is 38.1 Å². The first kappa shape index (κ1) is 17.9. The number of carbonyl (C=O) groups is 1. The quantitative estimate of drug-likeness (QED) is 0.777. The van der Waals surface area contributed by atoms with Gasteiger partial charge >= 0.3 is 5.97 Å². The molecule has 5 nitrogen and oxygen atoms in total. The van der Waals surface area contributed by atoms with E-state index in [2.05, 4.69) is 10.3 Å². The van der Waals surface area contributed by atoms with Crippen molar-refractivity contribution in [3.8, 4) is 0 Å². The molecule has 0 bridgehead atoms. The van der Waals surface area contributed by atoms with Gasteiger partial charge in [0.25, 0.3) is 0 Å². The van der Waals surface area contributed by atoms with Gasteiger partial charge in [-0.2, -0.15) is 0 Å². The number of hydrogen-bond acceptors (Lipinski definition) is 4. The van der Waals surface area contributed by atoms with Gasteiger partial charge in [-0.3, -0.25) is 4.79 Å². The van der Waals surface area contributed by atoms with Gasteiger partial charge in [-0.25, -0.2) is 4.98 Å². The Morgan fingerprint density at radius 1 is 1.21 bits per heavy atom. The SMILES string of the molecule is CC(C)CC(NCc1ccc(N(C)c2ccccc2)nc1)C(=O)O. The van der Waals surface area contributed by atoms with Gasteiger partial charge in [0, 0.05) is 25.5 Å². The molecular formula is C19H25N3O2. The molecule has 1 unspecified atom stereocenters. The van der Waals surface area contributed by atoms with E-state index >= 15 is 0 Å². The second-order valence-electron chi connectivity index (χ2n) is 6.32. The molecule has 2 aromatic rings. The Labute approximate surface area is 143 Å². The van der Waals surface area contributed by atoms with Gasteiger partial charge in [-0.05, 0) is 36.1 Å². The van der Waals surface area contributed by atoms with Crippen LogP contribution in [0.3, 0.4) is 0 Å². The van der Waals surface area contributed by atoms with E-state index in [0.717, 1.165) is 17.1 Å². The summed E-state index contributed by atoms with van der Waals surface area (Å²) in [6.07, 6.45) is 2.40. The molecule has 1 heterocycles. The molecule has 24 heavy (non-hydrogen) atoms. The third-order valence-electron chi connectivity index (χ3n) is 3.85. The van der Waals surface area contributed by atoms with Gasteiger partial charge in [0.2, 0.25) is 0 Å². The molecule has 0 saturated heterocycles. The molecule has 0 aliphatic carbocycles. The van der Waals surface area contributed by atoms with Crippen molar-refractivity contribution in [2.75, 3.05) is 11.9 Å². The molecular weight excluding hydrogens is 302 g/mol. The fraction of sp³-hybridized carbons (Fsp3) is 0.368. The second kappa shape index (κ2) is 8.45. The monoisotopic (exact) mass is 327 g/mol. The first-order valence-electron chi connectivity index (χ1n) is 8.17. The summed E-state index contributed by atoms with van der Waals surface area (Å²) in [4.78, 5) is 17.8. The predicted molar refractivity (Wildman–Crippen MR) is 96.5 cm³/mol. The second-order valence-corrected chi connectivity index (χ2v) is 6.32. The fourth-order valence-electron chi connectivity index (χ4n) is 2.49. The lowest BCUT2D eigenvalue weighted by atomic mass is 10.0. The summed E-state index contributed by atoms with van der Waals surface area (Å²) in [5, 5.41) is 12.4. The highest BCUT2D eigenvalue weighted by molar-refractivity contribution is 5.73. The summed E-state index contributed by atoms with van der Waals surface area (Å²) in [6, 6.07) is 13.4. The van der Waals surface area contributed by atoms with Crippen LogP contribution in [0.15, 0.2) is 48.7 Å². The lowest BCUT2D eigenvalue weighted by molar-refractivity contribution is -0.140. The van der Waals surface area contributed by atoms with E-state index in [9.17, 15) is 9.90 Å². The van der Waals surface area contributed by atoms with Gasteiger partial charge in [-0.15, -0.1) is 0 Å². The lowest BCUT2D eigenvalue weighted by Gasteiger charge is -2.19. The zero-order valence-electron chi connectivity index (χ0n) is 14.4. The zero-order valence-corrected chi connectivity index (χ0v) is 14.4. The molecule has 1 aromatic heterocycles. The third-order valence-corrected chi connectivity index (χ3v) is 3.85. The number of nitrogens with one attached hydrogen (secondary N) is 1. The first-order chi connectivity index (χ1) is 11.5. The van der Waals surface area contributed by atoms with Crippen LogP contribution in [-0.2, 0) is 11.3 Å². The number of carboxylic acids is 1. The van der Waals surface area contributed by atoms with E-state index in [1.807, 2.05) is 68.3 Å². The number of para-hydroxylation sites is 1. The van der Waals surface area contributed by atoms with E-state index in [1.165, 1.54) is 0 Å². The number of pyridine rings is 1. The Balaban J connectivity index is 1.98. The predicted octanol–water partition coefficient (Wildman–Crippen LogP) is 3.44. The Kier molecular flexibility index (Phi) is 6.32. The Hall–Kier alpha value is -2.40. The van der Waals surface area contributed by atoms with Crippen molar-refractivity contribution in [3.05, 3.63) is 54.2 Å². The summed E-state index contributed by atoms with van der Waals surface area (Å²) >= 11 is 0. The summed E-state index contributed by atoms with van der Waals surface area (Å²) in [5.74, 6) is 0.373. The molecule has 0 spiro atoms. The largest absolute Gasteiger partial charge is 0.480 e. The molecule has 0 radical (unpaired) electrons. The van der Waals surface area contributed by atoms with Crippen molar-refractivity contribution in [3.63, 3.8) is 0 Å². The minimum absolute atomic E-state index is 0.332. The maximum atomic E-state index is 11.3. The first-order valence-corrected chi connectivity index (χ1v) is 8.17. The van der Waals surface area contributed by atoms with Gasteiger partial charge in [0.15, 0.2) is 0 Å². The van der Waals surface area contributed by atoms with Gasteiger partial charge in [0.05, 0.1) is 0 Å². The van der Waals surface area contributed by atoms with E-state index in [4.69, 9.17) is 0 Å². The Morgan fingerprint density at radius 2 is 1.92 bits per heavy atom. The molecule has 0 aliphatic rings. The topological polar surface area (TPSA) is 65.5 Å².